The summed E-state index contributed by atoms with van der Waals surface area (Å²) < 4.78 is 41.8. The van der Waals surface area contributed by atoms with Crippen LogP contribution < -0.4 is 5.56 Å². The Labute approximate surface area is 157 Å². The van der Waals surface area contributed by atoms with E-state index in [0.29, 0.717) is 17.8 Å². The molecule has 1 aromatic carbocycles. The average molecular weight is 390 g/mol. The van der Waals surface area contributed by atoms with E-state index in [4.69, 9.17) is 0 Å². The van der Waals surface area contributed by atoms with E-state index in [-0.39, 0.29) is 29.5 Å². The highest BCUT2D eigenvalue weighted by atomic mass is 19.4. The van der Waals surface area contributed by atoms with Crippen molar-refractivity contribution in [3.8, 4) is 11.1 Å². The second-order valence-electron chi connectivity index (χ2n) is 7.08. The number of carbonyl (C=O) groups excluding carboxylic acids is 1. The van der Waals surface area contributed by atoms with Crippen molar-refractivity contribution in [2.75, 3.05) is 13.6 Å². The van der Waals surface area contributed by atoms with E-state index in [9.17, 15) is 22.8 Å². The van der Waals surface area contributed by atoms with Gasteiger partial charge in [0, 0.05) is 32.0 Å². The number of halogens is 3. The van der Waals surface area contributed by atoms with Gasteiger partial charge in [-0.05, 0) is 12.5 Å². The predicted octanol–water partition coefficient (Wildman–Crippen LogP) is 2.96. The van der Waals surface area contributed by atoms with Crippen LogP contribution in [0.4, 0.5) is 13.2 Å². The van der Waals surface area contributed by atoms with Gasteiger partial charge in [-0.15, -0.1) is 0 Å². The lowest BCUT2D eigenvalue weighted by molar-refractivity contribution is -0.140. The molecule has 3 aromatic rings. The topological polar surface area (TPSA) is 70.5 Å². The van der Waals surface area contributed by atoms with Crippen LogP contribution in [0.2, 0.25) is 0 Å². The van der Waals surface area contributed by atoms with E-state index >= 15 is 0 Å². The summed E-state index contributed by atoms with van der Waals surface area (Å²) >= 11 is 0. The highest BCUT2D eigenvalue weighted by Gasteiger charge is 2.38. The summed E-state index contributed by atoms with van der Waals surface area (Å²) in [5.41, 5.74) is -0.423. The molecule has 0 radical (unpaired) electrons. The maximum absolute atomic E-state index is 13.7. The molecule has 3 heterocycles. The van der Waals surface area contributed by atoms with Crippen LogP contribution in [0.5, 0.6) is 0 Å². The molecule has 0 bridgehead atoms. The Balaban J connectivity index is 1.98. The fourth-order valence-electron chi connectivity index (χ4n) is 3.52. The lowest BCUT2D eigenvalue weighted by Gasteiger charge is -2.10. The van der Waals surface area contributed by atoms with E-state index in [2.05, 4.69) is 10.1 Å². The average Bonchev–Trinajstić information content (AvgIpc) is 3.17. The molecule has 28 heavy (non-hydrogen) atoms. The first-order valence-corrected chi connectivity index (χ1v) is 8.69. The number of aryl methyl sites for hydroxylation is 1. The quantitative estimate of drug-likeness (QED) is 0.731. The smallest absolute Gasteiger partial charge is 0.345 e. The number of hydrogen-bond donors (Lipinski definition) is 1. The Morgan fingerprint density at radius 2 is 1.86 bits per heavy atom. The first kappa shape index (κ1) is 18.3. The molecule has 2 aromatic heterocycles. The van der Waals surface area contributed by atoms with Crippen molar-refractivity contribution in [1.29, 1.82) is 0 Å². The van der Waals surface area contributed by atoms with E-state index < -0.39 is 17.4 Å². The van der Waals surface area contributed by atoms with Gasteiger partial charge in [-0.25, -0.2) is 9.50 Å². The van der Waals surface area contributed by atoms with Crippen LogP contribution in [-0.2, 0) is 11.0 Å². The Morgan fingerprint density at radius 3 is 2.43 bits per heavy atom. The molecule has 9 heteroatoms. The van der Waals surface area contributed by atoms with Crippen LogP contribution in [0.3, 0.4) is 0 Å². The highest BCUT2D eigenvalue weighted by Crippen LogP contribution is 2.38. The Kier molecular flexibility index (Phi) is 4.06. The molecular weight excluding hydrogens is 373 g/mol. The van der Waals surface area contributed by atoms with Crippen molar-refractivity contribution in [2.45, 2.75) is 25.4 Å². The van der Waals surface area contributed by atoms with Gasteiger partial charge in [-0.2, -0.15) is 13.2 Å². The standard InChI is InChI=1S/C19H17F3N4O2/c1-10-3-5-11(6-4-10)16-17(19(20,21)22)24-26-15(28)8-13(23-18(16)26)12-7-14(27)25(2)9-12/h3-6,8,12,24H,7,9H2,1-2H3. The number of aromatic amines is 1. The summed E-state index contributed by atoms with van der Waals surface area (Å²) in [6, 6.07) is 7.73. The Morgan fingerprint density at radius 1 is 1.18 bits per heavy atom. The van der Waals surface area contributed by atoms with Crippen LogP contribution in [0.25, 0.3) is 16.8 Å². The van der Waals surface area contributed by atoms with Crippen LogP contribution in [0.1, 0.15) is 29.3 Å². The van der Waals surface area contributed by atoms with Gasteiger partial charge in [-0.1, -0.05) is 29.8 Å². The molecule has 1 saturated heterocycles. The molecule has 1 aliphatic rings. The minimum Gasteiger partial charge on any atom is -0.345 e. The second-order valence-corrected chi connectivity index (χ2v) is 7.08. The molecule has 146 valence electrons. The van der Waals surface area contributed by atoms with Gasteiger partial charge < -0.3 is 4.90 Å². The monoisotopic (exact) mass is 390 g/mol. The maximum Gasteiger partial charge on any atom is 0.433 e. The van der Waals surface area contributed by atoms with Crippen molar-refractivity contribution in [3.05, 3.63) is 57.6 Å². The van der Waals surface area contributed by atoms with Gasteiger partial charge in [0.25, 0.3) is 5.56 Å². The van der Waals surface area contributed by atoms with Gasteiger partial charge in [-0.3, -0.25) is 14.7 Å². The van der Waals surface area contributed by atoms with Gasteiger partial charge in [0.2, 0.25) is 5.91 Å². The van der Waals surface area contributed by atoms with E-state index in [1.54, 1.807) is 31.3 Å². The Bertz CT molecular complexity index is 1130. The number of likely N-dealkylation sites (tertiary alicyclic amines) is 1. The molecule has 1 unspecified atom stereocenters. The predicted molar refractivity (Wildman–Crippen MR) is 96.0 cm³/mol. The zero-order chi connectivity index (χ0) is 20.2. The van der Waals surface area contributed by atoms with Crippen molar-refractivity contribution in [1.82, 2.24) is 19.5 Å². The zero-order valence-electron chi connectivity index (χ0n) is 15.2. The fourth-order valence-corrected chi connectivity index (χ4v) is 3.52. The molecule has 4 rings (SSSR count). The minimum absolute atomic E-state index is 0.0872. The summed E-state index contributed by atoms with van der Waals surface area (Å²) in [5, 5.41) is 2.16. The maximum atomic E-state index is 13.7. The largest absolute Gasteiger partial charge is 0.433 e. The lowest BCUT2D eigenvalue weighted by Crippen LogP contribution is -2.20. The third kappa shape index (κ3) is 2.96. The number of aromatic nitrogens is 3. The molecule has 1 aliphatic heterocycles. The lowest BCUT2D eigenvalue weighted by atomic mass is 10.0. The second kappa shape index (κ2) is 6.22. The number of carbonyl (C=O) groups is 1. The number of alkyl halides is 3. The minimum atomic E-state index is -4.69. The zero-order valence-corrected chi connectivity index (χ0v) is 15.2. The van der Waals surface area contributed by atoms with Crippen LogP contribution >= 0.6 is 0 Å². The third-order valence-electron chi connectivity index (χ3n) is 5.02. The van der Waals surface area contributed by atoms with Crippen molar-refractivity contribution in [3.63, 3.8) is 0 Å². The van der Waals surface area contributed by atoms with Gasteiger partial charge in [0.1, 0.15) is 5.69 Å². The number of nitrogens with one attached hydrogen (secondary N) is 1. The van der Waals surface area contributed by atoms with Crippen LogP contribution in [0, 0.1) is 6.92 Å². The number of amides is 1. The van der Waals surface area contributed by atoms with Gasteiger partial charge in [0.05, 0.1) is 11.3 Å². The molecule has 1 atom stereocenters. The van der Waals surface area contributed by atoms with Crippen LogP contribution in [-0.4, -0.2) is 39.0 Å². The first-order chi connectivity index (χ1) is 13.1. The number of fused-ring (bicyclic) bond motifs is 1. The fraction of sp³-hybridized carbons (Fsp3) is 0.316. The van der Waals surface area contributed by atoms with Crippen molar-refractivity contribution < 1.29 is 18.0 Å². The number of likely N-dealkylation sites (N-methyl/N-ethyl adjacent to an activating group) is 1. The van der Waals surface area contributed by atoms with E-state index in [1.165, 1.54) is 11.0 Å². The number of rotatable bonds is 2. The summed E-state index contributed by atoms with van der Waals surface area (Å²) in [6.45, 7) is 2.20. The van der Waals surface area contributed by atoms with Crippen LogP contribution in [0.15, 0.2) is 35.1 Å². The molecule has 1 amide bonds. The molecule has 0 saturated carbocycles. The summed E-state index contributed by atoms with van der Waals surface area (Å²) in [4.78, 5) is 30.2. The normalized spacial score (nSPS) is 17.7. The summed E-state index contributed by atoms with van der Waals surface area (Å²) in [5.74, 6) is -0.416. The van der Waals surface area contributed by atoms with Gasteiger partial charge >= 0.3 is 6.18 Å². The first-order valence-electron chi connectivity index (χ1n) is 8.69. The number of H-pyrrole nitrogens is 1. The number of hydrogen-bond acceptors (Lipinski definition) is 3. The molecule has 0 aliphatic carbocycles. The number of benzene rings is 1. The van der Waals surface area contributed by atoms with Gasteiger partial charge in [0.15, 0.2) is 5.65 Å². The number of nitrogens with zero attached hydrogens (tertiary/aromatic N) is 3. The SMILES string of the molecule is Cc1ccc(-c2c(C(F)(F)F)[nH]n3c(=O)cc(C4CC(=O)N(C)C4)nc23)cc1. The van der Waals surface area contributed by atoms with E-state index in [0.717, 1.165) is 10.1 Å². The molecule has 1 fully saturated rings. The third-order valence-corrected chi connectivity index (χ3v) is 5.02. The summed E-state index contributed by atoms with van der Waals surface area (Å²) in [7, 11) is 1.64. The van der Waals surface area contributed by atoms with Crippen molar-refractivity contribution in [2.24, 2.45) is 0 Å². The Hall–Kier alpha value is -3.10. The molecule has 6 nitrogen and oxygen atoms in total. The van der Waals surface area contributed by atoms with Crippen molar-refractivity contribution >= 4 is 11.6 Å². The summed E-state index contributed by atoms with van der Waals surface area (Å²) in [6.07, 6.45) is -4.51. The molecule has 0 spiro atoms. The molecular formula is C19H17F3N4O2. The highest BCUT2D eigenvalue weighted by molar-refractivity contribution is 5.81. The molecule has 1 N–H and O–H groups in total. The van der Waals surface area contributed by atoms with E-state index in [1.807, 2.05) is 6.92 Å².